The number of hydrogen-bond donors (Lipinski definition) is 1. The molecule has 1 fully saturated rings. The lowest BCUT2D eigenvalue weighted by molar-refractivity contribution is 0.0952. The molecule has 0 radical (unpaired) electrons. The lowest BCUT2D eigenvalue weighted by atomic mass is 10.1. The van der Waals surface area contributed by atoms with Crippen LogP contribution in [-0.2, 0) is 6.54 Å². The molecule has 30 heavy (non-hydrogen) atoms. The van der Waals surface area contributed by atoms with Crippen molar-refractivity contribution in [3.63, 3.8) is 0 Å². The number of aromatic nitrogens is 2. The molecule has 8 nitrogen and oxygen atoms in total. The molecule has 5 rings (SSSR count). The van der Waals surface area contributed by atoms with Gasteiger partial charge in [-0.1, -0.05) is 5.16 Å². The number of furan rings is 1. The number of fused-ring (bicyclic) bond motifs is 1. The molecule has 1 saturated heterocycles. The molecule has 4 aromatic rings. The number of amides is 1. The molecule has 4 heterocycles. The van der Waals surface area contributed by atoms with Crippen LogP contribution in [0, 0.1) is 0 Å². The second-order valence-corrected chi connectivity index (χ2v) is 8.32. The molecule has 0 spiro atoms. The molecule has 3 aromatic heterocycles. The summed E-state index contributed by atoms with van der Waals surface area (Å²) in [5, 5.41) is 8.60. The first-order valence-corrected chi connectivity index (χ1v) is 10.6. The Labute approximate surface area is 177 Å². The maximum Gasteiger partial charge on any atom is 0.263 e. The number of hydrogen-bond acceptors (Lipinski definition) is 8. The molecule has 0 atom stereocenters. The summed E-state index contributed by atoms with van der Waals surface area (Å²) in [5.74, 6) is 0.507. The number of thiazole rings is 1. The summed E-state index contributed by atoms with van der Waals surface area (Å²) in [6, 6.07) is 9.75. The van der Waals surface area contributed by atoms with Crippen LogP contribution >= 0.6 is 11.3 Å². The number of carbonyl (C=O) groups excluding carboxylic acids is 1. The van der Waals surface area contributed by atoms with Crippen LogP contribution in [0.3, 0.4) is 0 Å². The first-order valence-electron chi connectivity index (χ1n) is 9.77. The zero-order valence-corrected chi connectivity index (χ0v) is 17.3. The average Bonchev–Trinajstić information content (AvgIpc) is 3.52. The standard InChI is InChI=1S/C21H21N5O3S/c1-25-6-8-26(9-7-25)14-4-5-16-17(11-14)29-24-19(16)21-23-13-18(30-21)20(27)22-12-15-3-2-10-28-15/h2-5,10-11,13H,6-9,12H2,1H3,(H,22,27). The van der Waals surface area contributed by atoms with E-state index >= 15 is 0 Å². The fourth-order valence-electron chi connectivity index (χ4n) is 3.50. The van der Waals surface area contributed by atoms with Crippen molar-refractivity contribution in [1.29, 1.82) is 0 Å². The highest BCUT2D eigenvalue weighted by molar-refractivity contribution is 7.17. The van der Waals surface area contributed by atoms with Crippen LogP contribution in [0.2, 0.25) is 0 Å². The van der Waals surface area contributed by atoms with Gasteiger partial charge in [-0.15, -0.1) is 11.3 Å². The third-order valence-corrected chi connectivity index (χ3v) is 6.26. The molecule has 1 N–H and O–H groups in total. The maximum atomic E-state index is 12.4. The Bertz CT molecular complexity index is 1160. The average molecular weight is 423 g/mol. The Kier molecular flexibility index (Phi) is 4.97. The number of rotatable bonds is 5. The molecule has 1 aromatic carbocycles. The Morgan fingerprint density at radius 2 is 2.10 bits per heavy atom. The number of nitrogens with one attached hydrogen (secondary N) is 1. The summed E-state index contributed by atoms with van der Waals surface area (Å²) in [6.07, 6.45) is 3.15. The third kappa shape index (κ3) is 3.69. The van der Waals surface area contributed by atoms with Crippen molar-refractivity contribution >= 4 is 33.9 Å². The highest BCUT2D eigenvalue weighted by atomic mass is 32.1. The molecular formula is C21H21N5O3S. The van der Waals surface area contributed by atoms with Crippen LogP contribution in [0.4, 0.5) is 5.69 Å². The summed E-state index contributed by atoms with van der Waals surface area (Å²) in [5.41, 5.74) is 2.51. The van der Waals surface area contributed by atoms with E-state index in [-0.39, 0.29) is 5.91 Å². The molecule has 0 bridgehead atoms. The fraction of sp³-hybridized carbons (Fsp3) is 0.286. The van der Waals surface area contributed by atoms with E-state index in [0.717, 1.165) is 42.8 Å². The molecule has 9 heteroatoms. The first kappa shape index (κ1) is 18.8. The van der Waals surface area contributed by atoms with E-state index in [2.05, 4.69) is 38.4 Å². The molecule has 1 aliphatic rings. The second kappa shape index (κ2) is 7.92. The van der Waals surface area contributed by atoms with Gasteiger partial charge in [-0.3, -0.25) is 4.79 Å². The van der Waals surface area contributed by atoms with Gasteiger partial charge in [-0.2, -0.15) is 0 Å². The molecule has 0 unspecified atom stereocenters. The Hall–Kier alpha value is -3.17. The van der Waals surface area contributed by atoms with Gasteiger partial charge in [0, 0.05) is 37.9 Å². The van der Waals surface area contributed by atoms with E-state index in [9.17, 15) is 4.79 Å². The van der Waals surface area contributed by atoms with Crippen LogP contribution < -0.4 is 10.2 Å². The van der Waals surface area contributed by atoms with Crippen molar-refractivity contribution in [3.8, 4) is 10.7 Å². The van der Waals surface area contributed by atoms with E-state index in [1.807, 2.05) is 18.2 Å². The van der Waals surface area contributed by atoms with E-state index in [1.165, 1.54) is 11.3 Å². The van der Waals surface area contributed by atoms with Crippen LogP contribution in [0.1, 0.15) is 15.4 Å². The van der Waals surface area contributed by atoms with Crippen LogP contribution in [0.15, 0.2) is 51.7 Å². The third-order valence-electron chi connectivity index (χ3n) is 5.26. The van der Waals surface area contributed by atoms with Gasteiger partial charge in [0.25, 0.3) is 5.91 Å². The predicted molar refractivity (Wildman–Crippen MR) is 115 cm³/mol. The van der Waals surface area contributed by atoms with E-state index in [1.54, 1.807) is 18.5 Å². The summed E-state index contributed by atoms with van der Waals surface area (Å²) >= 11 is 1.29. The number of anilines is 1. The molecule has 1 amide bonds. The number of nitrogens with zero attached hydrogens (tertiary/aromatic N) is 4. The van der Waals surface area contributed by atoms with Gasteiger partial charge in [0.2, 0.25) is 0 Å². The summed E-state index contributed by atoms with van der Waals surface area (Å²) in [7, 11) is 2.14. The summed E-state index contributed by atoms with van der Waals surface area (Å²) in [4.78, 5) is 22.0. The lowest BCUT2D eigenvalue weighted by Crippen LogP contribution is -2.44. The zero-order chi connectivity index (χ0) is 20.5. The fourth-order valence-corrected chi connectivity index (χ4v) is 4.33. The predicted octanol–water partition coefficient (Wildman–Crippen LogP) is 3.23. The minimum Gasteiger partial charge on any atom is -0.467 e. The minimum atomic E-state index is -0.194. The van der Waals surface area contributed by atoms with Gasteiger partial charge in [0.15, 0.2) is 5.58 Å². The van der Waals surface area contributed by atoms with Gasteiger partial charge in [-0.25, -0.2) is 4.98 Å². The van der Waals surface area contributed by atoms with Crippen LogP contribution in [0.5, 0.6) is 0 Å². The number of piperazine rings is 1. The van der Waals surface area contributed by atoms with Crippen molar-refractivity contribution in [2.24, 2.45) is 0 Å². The second-order valence-electron chi connectivity index (χ2n) is 7.29. The quantitative estimate of drug-likeness (QED) is 0.527. The number of likely N-dealkylation sites (N-methyl/N-ethyl adjacent to an activating group) is 1. The normalized spacial score (nSPS) is 15.0. The monoisotopic (exact) mass is 423 g/mol. The minimum absolute atomic E-state index is 0.194. The van der Waals surface area contributed by atoms with Crippen LogP contribution in [0.25, 0.3) is 21.7 Å². The zero-order valence-electron chi connectivity index (χ0n) is 16.5. The van der Waals surface area contributed by atoms with Gasteiger partial charge in [0.1, 0.15) is 21.3 Å². The first-order chi connectivity index (χ1) is 14.7. The lowest BCUT2D eigenvalue weighted by Gasteiger charge is -2.33. The van der Waals surface area contributed by atoms with Gasteiger partial charge in [-0.05, 0) is 31.3 Å². The Morgan fingerprint density at radius 3 is 2.90 bits per heavy atom. The summed E-state index contributed by atoms with van der Waals surface area (Å²) < 4.78 is 10.8. The highest BCUT2D eigenvalue weighted by Crippen LogP contribution is 2.33. The van der Waals surface area contributed by atoms with E-state index < -0.39 is 0 Å². The van der Waals surface area contributed by atoms with Crippen LogP contribution in [-0.4, -0.2) is 54.2 Å². The molecule has 1 aliphatic heterocycles. The Morgan fingerprint density at radius 1 is 1.23 bits per heavy atom. The van der Waals surface area contributed by atoms with E-state index in [0.29, 0.717) is 27.9 Å². The molecule has 0 saturated carbocycles. The SMILES string of the molecule is CN1CCN(c2ccc3c(-c4ncc(C(=O)NCc5ccco5)s4)noc3c2)CC1. The van der Waals surface area contributed by atoms with Crippen molar-refractivity contribution in [2.45, 2.75) is 6.54 Å². The maximum absolute atomic E-state index is 12.4. The molecule has 0 aliphatic carbocycles. The van der Waals surface area contributed by atoms with Crippen molar-refractivity contribution in [3.05, 3.63) is 53.4 Å². The number of benzene rings is 1. The Balaban J connectivity index is 1.33. The van der Waals surface area contributed by atoms with Crippen molar-refractivity contribution < 1.29 is 13.7 Å². The smallest absolute Gasteiger partial charge is 0.263 e. The van der Waals surface area contributed by atoms with Gasteiger partial charge < -0.3 is 24.1 Å². The molecular weight excluding hydrogens is 402 g/mol. The van der Waals surface area contributed by atoms with Gasteiger partial charge in [0.05, 0.1) is 24.4 Å². The topological polar surface area (TPSA) is 87.6 Å². The largest absolute Gasteiger partial charge is 0.467 e. The summed E-state index contributed by atoms with van der Waals surface area (Å²) in [6.45, 7) is 4.41. The van der Waals surface area contributed by atoms with Crippen molar-refractivity contribution in [2.75, 3.05) is 38.1 Å². The van der Waals surface area contributed by atoms with Gasteiger partial charge >= 0.3 is 0 Å². The molecule has 154 valence electrons. The van der Waals surface area contributed by atoms with Crippen molar-refractivity contribution in [1.82, 2.24) is 20.4 Å². The number of carbonyl (C=O) groups is 1. The van der Waals surface area contributed by atoms with E-state index in [4.69, 9.17) is 8.94 Å². The highest BCUT2D eigenvalue weighted by Gasteiger charge is 2.19.